The van der Waals surface area contributed by atoms with Gasteiger partial charge in [0.2, 0.25) is 0 Å². The number of carboxylic acids is 1. The van der Waals surface area contributed by atoms with E-state index in [1.165, 1.54) is 12.3 Å². The van der Waals surface area contributed by atoms with Crippen LogP contribution in [0.1, 0.15) is 48.8 Å². The molecule has 3 heterocycles. The van der Waals surface area contributed by atoms with E-state index < -0.39 is 34.9 Å². The van der Waals surface area contributed by atoms with Crippen LogP contribution in [0.15, 0.2) is 30.5 Å². The summed E-state index contributed by atoms with van der Waals surface area (Å²) in [5.41, 5.74) is 0.402. The van der Waals surface area contributed by atoms with Crippen LogP contribution in [0, 0.1) is 17.5 Å². The highest BCUT2D eigenvalue weighted by atomic mass is 19.2. The largest absolute Gasteiger partial charge is 0.479 e. The van der Waals surface area contributed by atoms with E-state index in [9.17, 15) is 23.8 Å². The van der Waals surface area contributed by atoms with Gasteiger partial charge >= 0.3 is 5.97 Å². The molecule has 2 fully saturated rings. The average Bonchev–Trinajstić information content (AvgIpc) is 3.42. The number of fused-ring (bicyclic) bond motifs is 2. The number of carboxylic acid groups (broad SMARTS) is 1. The lowest BCUT2D eigenvalue weighted by Crippen LogP contribution is -2.49. The molecule has 0 amide bonds. The van der Waals surface area contributed by atoms with Crippen LogP contribution < -0.4 is 0 Å². The van der Waals surface area contributed by atoms with Crippen LogP contribution in [0.25, 0.3) is 27.5 Å². The molecule has 2 aromatic heterocycles. The van der Waals surface area contributed by atoms with Crippen LogP contribution in [-0.4, -0.2) is 49.8 Å². The Balaban J connectivity index is 1.69. The first-order chi connectivity index (χ1) is 16.8. The Morgan fingerprint density at radius 2 is 1.86 bits per heavy atom. The number of nitrogens with zero attached hydrogens (tertiary/aromatic N) is 2. The van der Waals surface area contributed by atoms with Crippen molar-refractivity contribution < 1.29 is 32.9 Å². The van der Waals surface area contributed by atoms with Crippen LogP contribution in [0.5, 0.6) is 0 Å². The Morgan fingerprint density at radius 3 is 2.54 bits per heavy atom. The van der Waals surface area contributed by atoms with E-state index in [4.69, 9.17) is 4.74 Å². The number of aromatic amines is 1. The topological polar surface area (TPSA) is 100 Å². The molecule has 1 aliphatic heterocycles. The number of nitrogens with one attached hydrogen (secondary N) is 1. The second-order valence-corrected chi connectivity index (χ2v) is 9.48. The van der Waals surface area contributed by atoms with E-state index in [-0.39, 0.29) is 29.7 Å². The molecule has 2 aliphatic rings. The van der Waals surface area contributed by atoms with E-state index in [1.807, 2.05) is 0 Å². The summed E-state index contributed by atoms with van der Waals surface area (Å²) < 4.78 is 51.5. The summed E-state index contributed by atoms with van der Waals surface area (Å²) >= 11 is 0. The molecule has 0 radical (unpaired) electrons. The van der Waals surface area contributed by atoms with Crippen molar-refractivity contribution >= 4 is 27.8 Å². The second kappa shape index (κ2) is 7.82. The molecule has 0 atom stereocenters. The van der Waals surface area contributed by atoms with Crippen LogP contribution in [-0.2, 0) is 9.53 Å². The fourth-order valence-electron chi connectivity index (χ4n) is 5.67. The molecule has 0 unspecified atom stereocenters. The van der Waals surface area contributed by atoms with E-state index in [2.05, 4.69) is 10.2 Å². The Labute approximate surface area is 197 Å². The van der Waals surface area contributed by atoms with Crippen molar-refractivity contribution in [1.82, 2.24) is 14.8 Å². The van der Waals surface area contributed by atoms with Crippen molar-refractivity contribution in [3.8, 4) is 5.69 Å². The van der Waals surface area contributed by atoms with Gasteiger partial charge in [0.05, 0.1) is 11.7 Å². The van der Waals surface area contributed by atoms with E-state index in [1.54, 1.807) is 10.6 Å². The second-order valence-electron chi connectivity index (χ2n) is 9.48. The molecule has 6 rings (SSSR count). The molecule has 35 heavy (non-hydrogen) atoms. The van der Waals surface area contributed by atoms with Gasteiger partial charge in [0.1, 0.15) is 5.52 Å². The van der Waals surface area contributed by atoms with Crippen molar-refractivity contribution in [3.63, 3.8) is 0 Å². The van der Waals surface area contributed by atoms with Crippen LogP contribution >= 0.6 is 0 Å². The SMILES string of the molecule is O=C(O)[C@]1(O)C[C@@H](c2c(C3CCOCC3)n(-c3ccc(F)c(F)c3)c3cc4cn[nH]c4c(F)c32)C1. The number of hydrogen-bond acceptors (Lipinski definition) is 4. The highest BCUT2D eigenvalue weighted by molar-refractivity contribution is 6.00. The third kappa shape index (κ3) is 3.27. The maximum atomic E-state index is 16.0. The van der Waals surface area contributed by atoms with Gasteiger partial charge in [0, 0.05) is 47.4 Å². The van der Waals surface area contributed by atoms with Crippen molar-refractivity contribution in [3.05, 3.63) is 59.2 Å². The molecular weight excluding hydrogens is 463 g/mol. The maximum absolute atomic E-state index is 16.0. The third-order valence-corrected chi connectivity index (χ3v) is 7.43. The molecule has 2 aromatic carbocycles. The maximum Gasteiger partial charge on any atom is 0.335 e. The molecular formula is C25H22F3N3O4. The highest BCUT2D eigenvalue weighted by Crippen LogP contribution is 2.52. The number of aliphatic carboxylic acids is 1. The first-order valence-electron chi connectivity index (χ1n) is 11.5. The number of aliphatic hydroxyl groups is 1. The van der Waals surface area contributed by atoms with Gasteiger partial charge in [-0.1, -0.05) is 0 Å². The Morgan fingerprint density at radius 1 is 1.11 bits per heavy atom. The molecule has 0 spiro atoms. The highest BCUT2D eigenvalue weighted by Gasteiger charge is 2.51. The molecule has 3 N–H and O–H groups in total. The van der Waals surface area contributed by atoms with Gasteiger partial charge < -0.3 is 19.5 Å². The lowest BCUT2D eigenvalue weighted by molar-refractivity contribution is -0.169. The van der Waals surface area contributed by atoms with E-state index in [0.29, 0.717) is 53.9 Å². The number of hydrogen-bond donors (Lipinski definition) is 3. The van der Waals surface area contributed by atoms with Gasteiger partial charge in [0.25, 0.3) is 0 Å². The average molecular weight is 485 g/mol. The van der Waals surface area contributed by atoms with Gasteiger partial charge in [-0.15, -0.1) is 0 Å². The minimum Gasteiger partial charge on any atom is -0.479 e. The summed E-state index contributed by atoms with van der Waals surface area (Å²) in [7, 11) is 0. The zero-order valence-corrected chi connectivity index (χ0v) is 18.5. The third-order valence-electron chi connectivity index (χ3n) is 7.43. The number of aromatic nitrogens is 3. The van der Waals surface area contributed by atoms with Gasteiger partial charge in [-0.3, -0.25) is 5.10 Å². The molecule has 1 saturated heterocycles. The first-order valence-corrected chi connectivity index (χ1v) is 11.5. The zero-order valence-electron chi connectivity index (χ0n) is 18.5. The van der Waals surface area contributed by atoms with Crippen molar-refractivity contribution in [2.45, 2.75) is 43.1 Å². The van der Waals surface area contributed by atoms with Gasteiger partial charge in [-0.25, -0.2) is 18.0 Å². The van der Waals surface area contributed by atoms with Crippen molar-refractivity contribution in [2.24, 2.45) is 0 Å². The smallest absolute Gasteiger partial charge is 0.335 e. The molecule has 10 heteroatoms. The van der Waals surface area contributed by atoms with Gasteiger partial charge in [0.15, 0.2) is 23.1 Å². The Bertz CT molecular complexity index is 1480. The minimum atomic E-state index is -1.89. The van der Waals surface area contributed by atoms with E-state index >= 15 is 4.39 Å². The predicted molar refractivity (Wildman–Crippen MR) is 120 cm³/mol. The van der Waals surface area contributed by atoms with Crippen LogP contribution in [0.3, 0.4) is 0 Å². The minimum absolute atomic E-state index is 0.0735. The predicted octanol–water partition coefficient (Wildman–Crippen LogP) is 4.51. The number of rotatable bonds is 4. The summed E-state index contributed by atoms with van der Waals surface area (Å²) in [6.07, 6.45) is 2.60. The van der Waals surface area contributed by atoms with Crippen LogP contribution in [0.2, 0.25) is 0 Å². The summed E-state index contributed by atoms with van der Waals surface area (Å²) in [6, 6.07) is 5.29. The standard InChI is InChI=1S/C25H22F3N3O4/c26-16-2-1-15(8-17(16)27)31-18-7-13-11-29-30-22(13)21(28)20(18)19(14-9-25(34,10-14)24(32)33)23(31)12-3-5-35-6-4-12/h1-2,7-8,11-12,14,34H,3-6,9-10H2,(H,29,30)(H,32,33)/t14-,25+. The summed E-state index contributed by atoms with van der Waals surface area (Å²) in [6.45, 7) is 0.973. The zero-order chi connectivity index (χ0) is 24.5. The number of halogens is 3. The Hall–Kier alpha value is -3.37. The summed E-state index contributed by atoms with van der Waals surface area (Å²) in [4.78, 5) is 11.6. The molecule has 182 valence electrons. The van der Waals surface area contributed by atoms with Crippen molar-refractivity contribution in [1.29, 1.82) is 0 Å². The summed E-state index contributed by atoms with van der Waals surface area (Å²) in [5, 5.41) is 27.3. The number of H-pyrrole nitrogens is 1. The molecule has 1 saturated carbocycles. The van der Waals surface area contributed by atoms with Crippen LogP contribution in [0.4, 0.5) is 13.2 Å². The fraction of sp³-hybridized carbons (Fsp3) is 0.360. The molecule has 4 aromatic rings. The Kier molecular flexibility index (Phi) is 4.94. The molecule has 7 nitrogen and oxygen atoms in total. The van der Waals surface area contributed by atoms with Crippen molar-refractivity contribution in [2.75, 3.05) is 13.2 Å². The lowest BCUT2D eigenvalue weighted by atomic mass is 9.66. The summed E-state index contributed by atoms with van der Waals surface area (Å²) in [5.74, 6) is -4.41. The fourth-order valence-corrected chi connectivity index (χ4v) is 5.67. The van der Waals surface area contributed by atoms with E-state index in [0.717, 1.165) is 12.1 Å². The number of benzene rings is 2. The number of ether oxygens (including phenoxy) is 1. The molecule has 0 bridgehead atoms. The van der Waals surface area contributed by atoms with Gasteiger partial charge in [-0.05, 0) is 55.4 Å². The first kappa shape index (κ1) is 22.1. The van der Waals surface area contributed by atoms with Gasteiger partial charge in [-0.2, -0.15) is 5.10 Å². The number of carbonyl (C=O) groups is 1. The lowest BCUT2D eigenvalue weighted by Gasteiger charge is -2.41. The monoisotopic (exact) mass is 485 g/mol. The normalized spacial score (nSPS) is 23.1. The quantitative estimate of drug-likeness (QED) is 0.395. The molecule has 1 aliphatic carbocycles.